The van der Waals surface area contributed by atoms with Crippen LogP contribution in [0.5, 0.6) is 0 Å². The molecule has 84 valence electrons. The molecule has 16 heavy (non-hydrogen) atoms. The van der Waals surface area contributed by atoms with E-state index in [1.54, 1.807) is 17.5 Å². The van der Waals surface area contributed by atoms with Gasteiger partial charge in [0.1, 0.15) is 0 Å². The van der Waals surface area contributed by atoms with Gasteiger partial charge < -0.3 is 10.1 Å². The number of H-pyrrole nitrogens is 1. The standard InChI is InChI=1S/C9H7BrN2O2S2/c10-5-1-7(15-3-5)6-2-11-9(12-6)16-4-8(13)14/h1-3H,4H2,(H,11,12)(H,13,14). The van der Waals surface area contributed by atoms with Crippen LogP contribution < -0.4 is 0 Å². The van der Waals surface area contributed by atoms with Crippen molar-refractivity contribution in [3.05, 3.63) is 22.1 Å². The Bertz CT molecular complexity index is 509. The van der Waals surface area contributed by atoms with Gasteiger partial charge in [0.2, 0.25) is 0 Å². The molecule has 7 heteroatoms. The van der Waals surface area contributed by atoms with E-state index in [9.17, 15) is 4.79 Å². The van der Waals surface area contributed by atoms with Crippen LogP contribution in [0, 0.1) is 0 Å². The number of thioether (sulfide) groups is 1. The van der Waals surface area contributed by atoms with Crippen molar-refractivity contribution in [2.24, 2.45) is 0 Å². The second-order valence-corrected chi connectivity index (χ2v) is 5.70. The molecule has 0 atom stereocenters. The highest BCUT2D eigenvalue weighted by Gasteiger charge is 2.07. The molecule has 0 saturated heterocycles. The van der Waals surface area contributed by atoms with E-state index < -0.39 is 5.97 Å². The lowest BCUT2D eigenvalue weighted by atomic mass is 10.4. The average molecular weight is 319 g/mol. The van der Waals surface area contributed by atoms with E-state index in [1.807, 2.05) is 11.4 Å². The van der Waals surface area contributed by atoms with Crippen LogP contribution in [0.3, 0.4) is 0 Å². The molecule has 4 nitrogen and oxygen atoms in total. The van der Waals surface area contributed by atoms with Crippen LogP contribution in [0.2, 0.25) is 0 Å². The Morgan fingerprint density at radius 2 is 2.50 bits per heavy atom. The second kappa shape index (κ2) is 5.03. The Morgan fingerprint density at radius 1 is 1.69 bits per heavy atom. The van der Waals surface area contributed by atoms with Crippen LogP contribution in [-0.2, 0) is 4.79 Å². The van der Waals surface area contributed by atoms with Crippen molar-refractivity contribution in [2.45, 2.75) is 5.16 Å². The number of carboxylic acid groups (broad SMARTS) is 1. The van der Waals surface area contributed by atoms with Crippen molar-refractivity contribution < 1.29 is 9.90 Å². The zero-order valence-electron chi connectivity index (χ0n) is 7.94. The number of imidazole rings is 1. The molecular weight excluding hydrogens is 312 g/mol. The minimum absolute atomic E-state index is 0.0150. The molecular formula is C9H7BrN2O2S2. The van der Waals surface area contributed by atoms with Crippen molar-refractivity contribution in [1.82, 2.24) is 9.97 Å². The fourth-order valence-electron chi connectivity index (χ4n) is 1.09. The number of rotatable bonds is 4. The third-order valence-electron chi connectivity index (χ3n) is 1.72. The predicted octanol–water partition coefficient (Wildman–Crippen LogP) is 3.08. The maximum atomic E-state index is 10.4. The Balaban J connectivity index is 2.10. The van der Waals surface area contributed by atoms with Crippen molar-refractivity contribution in [2.75, 3.05) is 5.75 Å². The number of nitrogens with zero attached hydrogens (tertiary/aromatic N) is 1. The number of hydrogen-bond donors (Lipinski definition) is 2. The van der Waals surface area contributed by atoms with Crippen molar-refractivity contribution in [3.63, 3.8) is 0 Å². The van der Waals surface area contributed by atoms with E-state index in [0.29, 0.717) is 5.16 Å². The molecule has 2 aromatic heterocycles. The topological polar surface area (TPSA) is 66.0 Å². The fraction of sp³-hybridized carbons (Fsp3) is 0.111. The molecule has 2 aromatic rings. The third kappa shape index (κ3) is 2.87. The Kier molecular flexibility index (Phi) is 3.67. The van der Waals surface area contributed by atoms with Crippen LogP contribution in [0.1, 0.15) is 0 Å². The summed E-state index contributed by atoms with van der Waals surface area (Å²) in [6, 6.07) is 1.99. The maximum Gasteiger partial charge on any atom is 0.313 e. The quantitative estimate of drug-likeness (QED) is 0.850. The molecule has 0 fully saturated rings. The van der Waals surface area contributed by atoms with Crippen LogP contribution in [0.15, 0.2) is 27.3 Å². The summed E-state index contributed by atoms with van der Waals surface area (Å²) in [6.45, 7) is 0. The molecule has 0 bridgehead atoms. The first kappa shape index (κ1) is 11.7. The molecule has 0 saturated carbocycles. The first-order valence-corrected chi connectivity index (χ1v) is 6.95. The summed E-state index contributed by atoms with van der Waals surface area (Å²) in [6.07, 6.45) is 1.71. The lowest BCUT2D eigenvalue weighted by Crippen LogP contribution is -1.97. The van der Waals surface area contributed by atoms with Gasteiger partial charge in [0.15, 0.2) is 5.16 Å². The molecule has 0 aromatic carbocycles. The molecule has 0 aliphatic rings. The number of halogens is 1. The smallest absolute Gasteiger partial charge is 0.313 e. The first-order valence-electron chi connectivity index (χ1n) is 4.29. The summed E-state index contributed by atoms with van der Waals surface area (Å²) < 4.78 is 1.03. The van der Waals surface area contributed by atoms with E-state index in [0.717, 1.165) is 15.0 Å². The highest BCUT2D eigenvalue weighted by atomic mass is 79.9. The normalized spacial score (nSPS) is 10.6. The molecule has 0 aliphatic heterocycles. The lowest BCUT2D eigenvalue weighted by Gasteiger charge is -1.92. The minimum Gasteiger partial charge on any atom is -0.481 e. The van der Waals surface area contributed by atoms with E-state index in [4.69, 9.17) is 5.11 Å². The highest BCUT2D eigenvalue weighted by Crippen LogP contribution is 2.29. The number of thiophene rings is 1. The second-order valence-electron chi connectivity index (χ2n) is 2.91. The van der Waals surface area contributed by atoms with Gasteiger partial charge in [0, 0.05) is 9.85 Å². The number of aromatic amines is 1. The third-order valence-corrected chi connectivity index (χ3v) is 4.31. The van der Waals surface area contributed by atoms with Gasteiger partial charge in [-0.3, -0.25) is 4.79 Å². The van der Waals surface area contributed by atoms with Gasteiger partial charge in [-0.1, -0.05) is 11.8 Å². The molecule has 0 spiro atoms. The average Bonchev–Trinajstić information content (AvgIpc) is 2.83. The molecule has 2 rings (SSSR count). The first-order chi connectivity index (χ1) is 7.65. The summed E-state index contributed by atoms with van der Waals surface area (Å²) in [5, 5.41) is 11.1. The van der Waals surface area contributed by atoms with Crippen LogP contribution in [0.4, 0.5) is 0 Å². The lowest BCUT2D eigenvalue weighted by molar-refractivity contribution is -0.133. The summed E-state index contributed by atoms with van der Waals surface area (Å²) >= 11 is 6.15. The molecule has 0 unspecified atom stereocenters. The number of carbonyl (C=O) groups is 1. The summed E-state index contributed by atoms with van der Waals surface area (Å²) in [4.78, 5) is 18.6. The van der Waals surface area contributed by atoms with Crippen molar-refractivity contribution in [3.8, 4) is 10.6 Å². The minimum atomic E-state index is -0.846. The monoisotopic (exact) mass is 318 g/mol. The highest BCUT2D eigenvalue weighted by molar-refractivity contribution is 9.10. The zero-order chi connectivity index (χ0) is 11.5. The fourth-order valence-corrected chi connectivity index (χ4v) is 3.05. The Labute approximate surface area is 108 Å². The van der Waals surface area contributed by atoms with E-state index >= 15 is 0 Å². The van der Waals surface area contributed by atoms with Crippen LogP contribution in [0.25, 0.3) is 10.6 Å². The van der Waals surface area contributed by atoms with Gasteiger partial charge in [-0.05, 0) is 22.0 Å². The molecule has 0 radical (unpaired) electrons. The Hall–Kier alpha value is -0.790. The SMILES string of the molecule is O=C(O)CSc1ncc(-c2cc(Br)cs2)[nH]1. The van der Waals surface area contributed by atoms with Gasteiger partial charge in [0.25, 0.3) is 0 Å². The number of nitrogens with one attached hydrogen (secondary N) is 1. The number of hydrogen-bond acceptors (Lipinski definition) is 4. The van der Waals surface area contributed by atoms with Crippen LogP contribution >= 0.6 is 39.0 Å². The van der Waals surface area contributed by atoms with E-state index in [2.05, 4.69) is 25.9 Å². The maximum absolute atomic E-state index is 10.4. The van der Waals surface area contributed by atoms with Gasteiger partial charge in [-0.15, -0.1) is 11.3 Å². The van der Waals surface area contributed by atoms with Crippen molar-refractivity contribution >= 4 is 45.0 Å². The molecule has 0 aliphatic carbocycles. The van der Waals surface area contributed by atoms with Gasteiger partial charge in [0.05, 0.1) is 22.5 Å². The molecule has 0 amide bonds. The van der Waals surface area contributed by atoms with Gasteiger partial charge >= 0.3 is 5.97 Å². The number of carboxylic acids is 1. The molecule has 2 heterocycles. The summed E-state index contributed by atoms with van der Waals surface area (Å²) in [7, 11) is 0. The van der Waals surface area contributed by atoms with Gasteiger partial charge in [-0.25, -0.2) is 4.98 Å². The zero-order valence-corrected chi connectivity index (χ0v) is 11.2. The molecule has 2 N–H and O–H groups in total. The summed E-state index contributed by atoms with van der Waals surface area (Å²) in [5.74, 6) is -0.831. The van der Waals surface area contributed by atoms with Crippen molar-refractivity contribution in [1.29, 1.82) is 0 Å². The number of aromatic nitrogens is 2. The number of aliphatic carboxylic acids is 1. The Morgan fingerprint density at radius 3 is 3.12 bits per heavy atom. The predicted molar refractivity (Wildman–Crippen MR) is 68.0 cm³/mol. The largest absolute Gasteiger partial charge is 0.481 e. The van der Waals surface area contributed by atoms with E-state index in [-0.39, 0.29) is 5.75 Å². The van der Waals surface area contributed by atoms with Crippen LogP contribution in [-0.4, -0.2) is 26.8 Å². The van der Waals surface area contributed by atoms with E-state index in [1.165, 1.54) is 11.8 Å². The van der Waals surface area contributed by atoms with Gasteiger partial charge in [-0.2, -0.15) is 0 Å². The summed E-state index contributed by atoms with van der Waals surface area (Å²) in [5.41, 5.74) is 0.906.